The fourth-order valence-electron chi connectivity index (χ4n) is 1.96. The molecule has 1 heterocycles. The fraction of sp³-hybridized carbons (Fsp3) is 0.267. The first-order valence-electron chi connectivity index (χ1n) is 6.13. The molecule has 0 spiro atoms. The lowest BCUT2D eigenvalue weighted by atomic mass is 10.0. The number of aromatic nitrogens is 1. The molecule has 0 saturated heterocycles. The quantitative estimate of drug-likeness (QED) is 0.844. The van der Waals surface area contributed by atoms with Crippen LogP contribution in [0.5, 0.6) is 5.75 Å². The van der Waals surface area contributed by atoms with Crippen LogP contribution in [0.4, 0.5) is 0 Å². The number of hydrogen-bond acceptors (Lipinski definition) is 3. The Morgan fingerprint density at radius 3 is 2.50 bits per heavy atom. The fourth-order valence-corrected chi connectivity index (χ4v) is 1.96. The van der Waals surface area contributed by atoms with Gasteiger partial charge in [-0.3, -0.25) is 4.98 Å². The average Bonchev–Trinajstić information content (AvgIpc) is 2.41. The molecular formula is C15H18N2O. The minimum atomic E-state index is 0.310. The standard InChI is InChI=1S/C15H18N2O/c1-16-14(11-13-4-2-3-9-17-13)10-12-5-7-15(18)8-6-12/h2-9,14,16,18H,10-11H2,1H3. The molecule has 1 atom stereocenters. The summed E-state index contributed by atoms with van der Waals surface area (Å²) in [4.78, 5) is 4.34. The highest BCUT2D eigenvalue weighted by atomic mass is 16.3. The number of benzene rings is 1. The van der Waals surface area contributed by atoms with Gasteiger partial charge in [-0.1, -0.05) is 18.2 Å². The van der Waals surface area contributed by atoms with Crippen LogP contribution in [0.15, 0.2) is 48.7 Å². The first kappa shape index (κ1) is 12.6. The van der Waals surface area contributed by atoms with Gasteiger partial charge in [0.2, 0.25) is 0 Å². The Bertz CT molecular complexity index is 468. The maximum Gasteiger partial charge on any atom is 0.115 e. The van der Waals surface area contributed by atoms with E-state index < -0.39 is 0 Å². The molecule has 1 unspecified atom stereocenters. The zero-order chi connectivity index (χ0) is 12.8. The SMILES string of the molecule is CNC(Cc1ccc(O)cc1)Cc1ccccn1. The van der Waals surface area contributed by atoms with Crippen LogP contribution in [0.25, 0.3) is 0 Å². The number of nitrogens with one attached hydrogen (secondary N) is 1. The van der Waals surface area contributed by atoms with Crippen molar-refractivity contribution < 1.29 is 5.11 Å². The summed E-state index contributed by atoms with van der Waals surface area (Å²) in [5.41, 5.74) is 2.30. The number of phenols is 1. The highest BCUT2D eigenvalue weighted by molar-refractivity contribution is 5.26. The Labute approximate surface area is 108 Å². The summed E-state index contributed by atoms with van der Waals surface area (Å²) in [6, 6.07) is 13.7. The number of hydrogen-bond donors (Lipinski definition) is 2. The number of rotatable bonds is 5. The van der Waals surface area contributed by atoms with Crippen LogP contribution in [0.2, 0.25) is 0 Å². The molecule has 0 fully saturated rings. The first-order chi connectivity index (χ1) is 8.78. The lowest BCUT2D eigenvalue weighted by molar-refractivity contribution is 0.474. The minimum Gasteiger partial charge on any atom is -0.508 e. The van der Waals surface area contributed by atoms with Crippen molar-refractivity contribution in [3.63, 3.8) is 0 Å². The highest BCUT2D eigenvalue weighted by Gasteiger charge is 2.09. The number of pyridine rings is 1. The monoisotopic (exact) mass is 242 g/mol. The van der Waals surface area contributed by atoms with E-state index in [0.717, 1.165) is 18.5 Å². The van der Waals surface area contributed by atoms with Crippen molar-refractivity contribution in [2.45, 2.75) is 18.9 Å². The number of phenolic OH excluding ortho intramolecular Hbond substituents is 1. The minimum absolute atomic E-state index is 0.310. The molecule has 3 heteroatoms. The van der Waals surface area contributed by atoms with Gasteiger partial charge in [0.1, 0.15) is 5.75 Å². The van der Waals surface area contributed by atoms with Gasteiger partial charge in [-0.05, 0) is 43.3 Å². The van der Waals surface area contributed by atoms with E-state index in [1.807, 2.05) is 43.6 Å². The largest absolute Gasteiger partial charge is 0.508 e. The third-order valence-electron chi connectivity index (χ3n) is 3.01. The molecular weight excluding hydrogens is 224 g/mol. The summed E-state index contributed by atoms with van der Waals surface area (Å²) in [5, 5.41) is 12.6. The van der Waals surface area contributed by atoms with E-state index in [1.54, 1.807) is 12.1 Å². The average molecular weight is 242 g/mol. The molecule has 2 rings (SSSR count). The summed E-state index contributed by atoms with van der Waals surface area (Å²) in [7, 11) is 1.97. The van der Waals surface area contributed by atoms with Gasteiger partial charge in [-0.2, -0.15) is 0 Å². The molecule has 2 aromatic rings. The van der Waals surface area contributed by atoms with Crippen LogP contribution >= 0.6 is 0 Å². The first-order valence-corrected chi connectivity index (χ1v) is 6.13. The molecule has 18 heavy (non-hydrogen) atoms. The lowest BCUT2D eigenvalue weighted by Gasteiger charge is -2.15. The van der Waals surface area contributed by atoms with Crippen LogP contribution in [0, 0.1) is 0 Å². The van der Waals surface area contributed by atoms with Crippen molar-refractivity contribution in [1.82, 2.24) is 10.3 Å². The van der Waals surface area contributed by atoms with Gasteiger partial charge in [0.15, 0.2) is 0 Å². The molecule has 1 aromatic heterocycles. The zero-order valence-electron chi connectivity index (χ0n) is 10.5. The van der Waals surface area contributed by atoms with Crippen LogP contribution in [0.3, 0.4) is 0 Å². The Hall–Kier alpha value is -1.87. The lowest BCUT2D eigenvalue weighted by Crippen LogP contribution is -2.30. The zero-order valence-corrected chi connectivity index (χ0v) is 10.5. The molecule has 2 N–H and O–H groups in total. The summed E-state index contributed by atoms with van der Waals surface area (Å²) in [6.45, 7) is 0. The van der Waals surface area contributed by atoms with Gasteiger partial charge in [-0.15, -0.1) is 0 Å². The van der Waals surface area contributed by atoms with Crippen molar-refractivity contribution in [1.29, 1.82) is 0 Å². The van der Waals surface area contributed by atoms with E-state index >= 15 is 0 Å². The van der Waals surface area contributed by atoms with Gasteiger partial charge in [0.05, 0.1) is 0 Å². The normalized spacial score (nSPS) is 12.3. The van der Waals surface area contributed by atoms with Gasteiger partial charge in [0.25, 0.3) is 0 Å². The Kier molecular flexibility index (Phi) is 4.31. The Balaban J connectivity index is 1.99. The summed E-state index contributed by atoms with van der Waals surface area (Å²) in [5.74, 6) is 0.310. The summed E-state index contributed by atoms with van der Waals surface area (Å²) < 4.78 is 0. The molecule has 3 nitrogen and oxygen atoms in total. The van der Waals surface area contributed by atoms with Crippen molar-refractivity contribution in [2.24, 2.45) is 0 Å². The molecule has 94 valence electrons. The van der Waals surface area contributed by atoms with E-state index in [-0.39, 0.29) is 0 Å². The number of aromatic hydroxyl groups is 1. The van der Waals surface area contributed by atoms with Crippen molar-refractivity contribution in [3.05, 3.63) is 59.9 Å². The Morgan fingerprint density at radius 1 is 1.11 bits per heavy atom. The second-order valence-corrected chi connectivity index (χ2v) is 4.38. The molecule has 0 aliphatic heterocycles. The number of nitrogens with zero attached hydrogens (tertiary/aromatic N) is 1. The van der Waals surface area contributed by atoms with Gasteiger partial charge in [0, 0.05) is 24.4 Å². The molecule has 0 aliphatic rings. The molecule has 0 amide bonds. The summed E-state index contributed by atoms with van der Waals surface area (Å²) in [6.07, 6.45) is 3.65. The van der Waals surface area contributed by atoms with Crippen LogP contribution in [0.1, 0.15) is 11.3 Å². The Morgan fingerprint density at radius 2 is 1.89 bits per heavy atom. The van der Waals surface area contributed by atoms with E-state index in [0.29, 0.717) is 11.8 Å². The molecule has 0 bridgehead atoms. The van der Waals surface area contributed by atoms with Crippen LogP contribution < -0.4 is 5.32 Å². The van der Waals surface area contributed by atoms with E-state index in [2.05, 4.69) is 10.3 Å². The van der Waals surface area contributed by atoms with Crippen LogP contribution in [-0.4, -0.2) is 23.2 Å². The van der Waals surface area contributed by atoms with Crippen molar-refractivity contribution >= 4 is 0 Å². The maximum atomic E-state index is 9.26. The third-order valence-corrected chi connectivity index (χ3v) is 3.01. The topological polar surface area (TPSA) is 45.1 Å². The van der Waals surface area contributed by atoms with E-state index in [9.17, 15) is 5.11 Å². The van der Waals surface area contributed by atoms with Crippen molar-refractivity contribution in [3.8, 4) is 5.75 Å². The molecule has 0 radical (unpaired) electrons. The molecule has 1 aromatic carbocycles. The van der Waals surface area contributed by atoms with E-state index in [1.165, 1.54) is 5.56 Å². The predicted octanol–water partition coefficient (Wildman–Crippen LogP) is 2.16. The van der Waals surface area contributed by atoms with Crippen LogP contribution in [-0.2, 0) is 12.8 Å². The second kappa shape index (κ2) is 6.17. The van der Waals surface area contributed by atoms with Crippen molar-refractivity contribution in [2.75, 3.05) is 7.05 Å². The smallest absolute Gasteiger partial charge is 0.115 e. The highest BCUT2D eigenvalue weighted by Crippen LogP contribution is 2.12. The molecule has 0 saturated carbocycles. The molecule has 0 aliphatic carbocycles. The van der Waals surface area contributed by atoms with E-state index in [4.69, 9.17) is 0 Å². The predicted molar refractivity (Wildman–Crippen MR) is 72.6 cm³/mol. The second-order valence-electron chi connectivity index (χ2n) is 4.38. The van der Waals surface area contributed by atoms with Gasteiger partial charge in [-0.25, -0.2) is 0 Å². The number of likely N-dealkylation sites (N-methyl/N-ethyl adjacent to an activating group) is 1. The summed E-state index contributed by atoms with van der Waals surface area (Å²) >= 11 is 0. The van der Waals surface area contributed by atoms with Gasteiger partial charge < -0.3 is 10.4 Å². The van der Waals surface area contributed by atoms with Gasteiger partial charge >= 0.3 is 0 Å². The maximum absolute atomic E-state index is 9.26. The third kappa shape index (κ3) is 3.57.